The zero-order chi connectivity index (χ0) is 13.1. The molecule has 0 radical (unpaired) electrons. The molecule has 1 atom stereocenters. The first-order valence-electron chi connectivity index (χ1n) is 6.47. The summed E-state index contributed by atoms with van der Waals surface area (Å²) in [5, 5.41) is 2.90. The van der Waals surface area contributed by atoms with Crippen molar-refractivity contribution in [2.45, 2.75) is 20.3 Å². The summed E-state index contributed by atoms with van der Waals surface area (Å²) in [6.45, 7) is 6.14. The van der Waals surface area contributed by atoms with Crippen LogP contribution in [0.1, 0.15) is 20.3 Å². The van der Waals surface area contributed by atoms with Crippen LogP contribution >= 0.6 is 0 Å². The van der Waals surface area contributed by atoms with Gasteiger partial charge in [0.15, 0.2) is 0 Å². The van der Waals surface area contributed by atoms with Gasteiger partial charge in [-0.1, -0.05) is 13.8 Å². The highest BCUT2D eigenvalue weighted by Crippen LogP contribution is 2.24. The minimum absolute atomic E-state index is 0.0112. The summed E-state index contributed by atoms with van der Waals surface area (Å²) >= 11 is 0. The number of nitrogen functional groups attached to an aromatic ring is 1. The Kier molecular flexibility index (Phi) is 3.75. The van der Waals surface area contributed by atoms with Crippen LogP contribution in [0, 0.1) is 11.8 Å². The fourth-order valence-electron chi connectivity index (χ4n) is 2.28. The molecule has 18 heavy (non-hydrogen) atoms. The molecule has 2 amide bonds. The van der Waals surface area contributed by atoms with Crippen LogP contribution in [0.2, 0.25) is 0 Å². The second-order valence-electron chi connectivity index (χ2n) is 5.29. The van der Waals surface area contributed by atoms with Gasteiger partial charge in [-0.05, 0) is 42.5 Å². The highest BCUT2D eigenvalue weighted by molar-refractivity contribution is 5.89. The number of urea groups is 1. The quantitative estimate of drug-likeness (QED) is 0.789. The number of nitrogens with two attached hydrogens (primary N) is 1. The van der Waals surface area contributed by atoms with Crippen molar-refractivity contribution in [1.82, 2.24) is 4.90 Å². The zero-order valence-corrected chi connectivity index (χ0v) is 11.0. The topological polar surface area (TPSA) is 58.4 Å². The van der Waals surface area contributed by atoms with Gasteiger partial charge in [0, 0.05) is 24.5 Å². The lowest BCUT2D eigenvalue weighted by atomic mass is 9.95. The first-order chi connectivity index (χ1) is 8.56. The molecule has 0 saturated carbocycles. The van der Waals surface area contributed by atoms with Crippen LogP contribution < -0.4 is 11.1 Å². The Bertz CT molecular complexity index is 414. The number of rotatable bonds is 2. The van der Waals surface area contributed by atoms with Crippen LogP contribution in [-0.2, 0) is 0 Å². The molecule has 0 spiro atoms. The van der Waals surface area contributed by atoms with Gasteiger partial charge in [-0.2, -0.15) is 0 Å². The molecule has 2 rings (SSSR count). The summed E-state index contributed by atoms with van der Waals surface area (Å²) in [7, 11) is 0. The van der Waals surface area contributed by atoms with E-state index >= 15 is 0 Å². The minimum atomic E-state index is -0.0112. The van der Waals surface area contributed by atoms with Crippen LogP contribution in [0.15, 0.2) is 24.3 Å². The Labute approximate surface area is 108 Å². The van der Waals surface area contributed by atoms with E-state index in [4.69, 9.17) is 5.73 Å². The maximum absolute atomic E-state index is 12.1. The number of benzene rings is 1. The fraction of sp³-hybridized carbons (Fsp3) is 0.500. The molecular formula is C14H21N3O. The van der Waals surface area contributed by atoms with Crippen molar-refractivity contribution in [2.24, 2.45) is 11.8 Å². The first kappa shape index (κ1) is 12.7. The first-order valence-corrected chi connectivity index (χ1v) is 6.47. The minimum Gasteiger partial charge on any atom is -0.399 e. The molecule has 3 N–H and O–H groups in total. The van der Waals surface area contributed by atoms with Gasteiger partial charge in [-0.3, -0.25) is 0 Å². The smallest absolute Gasteiger partial charge is 0.321 e. The van der Waals surface area contributed by atoms with E-state index in [-0.39, 0.29) is 6.03 Å². The lowest BCUT2D eigenvalue weighted by Crippen LogP contribution is -2.33. The van der Waals surface area contributed by atoms with E-state index < -0.39 is 0 Å². The van der Waals surface area contributed by atoms with Crippen LogP contribution in [0.4, 0.5) is 16.2 Å². The number of anilines is 2. The van der Waals surface area contributed by atoms with Gasteiger partial charge < -0.3 is 16.0 Å². The summed E-state index contributed by atoms with van der Waals surface area (Å²) in [6.07, 6.45) is 1.10. The third kappa shape index (κ3) is 2.94. The van der Waals surface area contributed by atoms with Gasteiger partial charge in [0.2, 0.25) is 0 Å². The summed E-state index contributed by atoms with van der Waals surface area (Å²) < 4.78 is 0. The van der Waals surface area contributed by atoms with Gasteiger partial charge in [0.05, 0.1) is 0 Å². The van der Waals surface area contributed by atoms with Crippen LogP contribution in [0.25, 0.3) is 0 Å². The molecule has 0 bridgehead atoms. The van der Waals surface area contributed by atoms with Gasteiger partial charge in [-0.15, -0.1) is 0 Å². The zero-order valence-electron chi connectivity index (χ0n) is 11.0. The monoisotopic (exact) mass is 247 g/mol. The largest absolute Gasteiger partial charge is 0.399 e. The molecule has 4 heteroatoms. The Morgan fingerprint density at radius 1 is 1.39 bits per heavy atom. The normalized spacial score (nSPS) is 19.3. The molecule has 0 aromatic heterocycles. The standard InChI is InChI=1S/C14H21N3O/c1-10(2)11-7-8-17(9-11)14(18)16-13-5-3-12(15)4-6-13/h3-6,10-11H,7-9,15H2,1-2H3,(H,16,18). The van der Waals surface area contributed by atoms with Crippen LogP contribution in [0.3, 0.4) is 0 Å². The van der Waals surface area contributed by atoms with Crippen molar-refractivity contribution in [3.05, 3.63) is 24.3 Å². The number of carbonyl (C=O) groups is 1. The molecule has 1 aromatic rings. The molecule has 0 aliphatic carbocycles. The number of nitrogens with one attached hydrogen (secondary N) is 1. The molecule has 4 nitrogen and oxygen atoms in total. The second-order valence-corrected chi connectivity index (χ2v) is 5.29. The number of hydrogen-bond donors (Lipinski definition) is 2. The number of hydrogen-bond acceptors (Lipinski definition) is 2. The predicted molar refractivity (Wildman–Crippen MR) is 74.4 cm³/mol. The van der Waals surface area contributed by atoms with Crippen LogP contribution in [0.5, 0.6) is 0 Å². The van der Waals surface area contributed by atoms with Crippen molar-refractivity contribution in [3.63, 3.8) is 0 Å². The van der Waals surface area contributed by atoms with Crippen molar-refractivity contribution in [2.75, 3.05) is 24.1 Å². The van der Waals surface area contributed by atoms with E-state index in [0.29, 0.717) is 17.5 Å². The average molecular weight is 247 g/mol. The second kappa shape index (κ2) is 5.29. The molecule has 1 aliphatic heterocycles. The summed E-state index contributed by atoms with van der Waals surface area (Å²) in [4.78, 5) is 13.9. The Morgan fingerprint density at radius 3 is 2.61 bits per heavy atom. The summed E-state index contributed by atoms with van der Waals surface area (Å²) in [5.74, 6) is 1.27. The van der Waals surface area contributed by atoms with E-state index in [1.165, 1.54) is 0 Å². The van der Waals surface area contributed by atoms with Gasteiger partial charge in [-0.25, -0.2) is 4.79 Å². The lowest BCUT2D eigenvalue weighted by Gasteiger charge is -2.18. The molecule has 1 heterocycles. The van der Waals surface area contributed by atoms with Crippen molar-refractivity contribution in [3.8, 4) is 0 Å². The van der Waals surface area contributed by atoms with Crippen molar-refractivity contribution < 1.29 is 4.79 Å². The van der Waals surface area contributed by atoms with E-state index in [1.807, 2.05) is 17.0 Å². The van der Waals surface area contributed by atoms with Gasteiger partial charge in [0.1, 0.15) is 0 Å². The highest BCUT2D eigenvalue weighted by Gasteiger charge is 2.27. The maximum Gasteiger partial charge on any atom is 0.321 e. The Balaban J connectivity index is 1.91. The average Bonchev–Trinajstić information content (AvgIpc) is 2.81. The van der Waals surface area contributed by atoms with Gasteiger partial charge >= 0.3 is 6.03 Å². The third-order valence-corrected chi connectivity index (χ3v) is 3.62. The van der Waals surface area contributed by atoms with E-state index in [2.05, 4.69) is 19.2 Å². The predicted octanol–water partition coefficient (Wildman–Crippen LogP) is 2.78. The molecular weight excluding hydrogens is 226 g/mol. The molecule has 1 unspecified atom stereocenters. The van der Waals surface area contributed by atoms with Crippen LogP contribution in [-0.4, -0.2) is 24.0 Å². The van der Waals surface area contributed by atoms with Crippen molar-refractivity contribution >= 4 is 17.4 Å². The lowest BCUT2D eigenvalue weighted by molar-refractivity contribution is 0.219. The number of nitrogens with zero attached hydrogens (tertiary/aromatic N) is 1. The number of amides is 2. The number of likely N-dealkylation sites (tertiary alicyclic amines) is 1. The summed E-state index contributed by atoms with van der Waals surface area (Å²) in [6, 6.07) is 7.21. The Morgan fingerprint density at radius 2 is 2.06 bits per heavy atom. The van der Waals surface area contributed by atoms with E-state index in [9.17, 15) is 4.79 Å². The molecule has 1 fully saturated rings. The molecule has 98 valence electrons. The highest BCUT2D eigenvalue weighted by atomic mass is 16.2. The SMILES string of the molecule is CC(C)C1CCN(C(=O)Nc2ccc(N)cc2)C1. The Hall–Kier alpha value is -1.71. The van der Waals surface area contributed by atoms with E-state index in [1.54, 1.807) is 12.1 Å². The van der Waals surface area contributed by atoms with Crippen molar-refractivity contribution in [1.29, 1.82) is 0 Å². The molecule has 1 aromatic carbocycles. The fourth-order valence-corrected chi connectivity index (χ4v) is 2.28. The van der Waals surface area contributed by atoms with Gasteiger partial charge in [0.25, 0.3) is 0 Å². The van der Waals surface area contributed by atoms with E-state index in [0.717, 1.165) is 25.2 Å². The summed E-state index contributed by atoms with van der Waals surface area (Å²) in [5.41, 5.74) is 7.10. The maximum atomic E-state index is 12.1. The molecule has 1 aliphatic rings. The molecule has 1 saturated heterocycles. The number of carbonyl (C=O) groups excluding carboxylic acids is 1. The third-order valence-electron chi connectivity index (χ3n) is 3.62.